The lowest BCUT2D eigenvalue weighted by atomic mass is 10.1. The van der Waals surface area contributed by atoms with Gasteiger partial charge in [-0.2, -0.15) is 0 Å². The normalized spacial score (nSPS) is 14.4. The summed E-state index contributed by atoms with van der Waals surface area (Å²) in [5.41, 5.74) is 0. The lowest BCUT2D eigenvalue weighted by molar-refractivity contribution is -0.870. The van der Waals surface area contributed by atoms with Crippen LogP contribution in [0.5, 0.6) is 0 Å². The first-order chi connectivity index (χ1) is 44.0. The Kier molecular flexibility index (Phi) is 63.9. The Labute approximate surface area is 551 Å². The Hall–Kier alpha value is -5.41. The van der Waals surface area contributed by atoms with Crippen LogP contribution >= 0.6 is 7.82 Å². The van der Waals surface area contributed by atoms with Crippen LogP contribution < -0.4 is 0 Å². The first-order valence-electron chi connectivity index (χ1n) is 34.8. The van der Waals surface area contributed by atoms with E-state index in [0.29, 0.717) is 23.9 Å². The van der Waals surface area contributed by atoms with Crippen LogP contribution in [-0.4, -0.2) is 74.9 Å². The SMILES string of the molecule is CC/C=C\C/C=C\C/C=C\C/C=C\C/C=C\C/C=C\C/C=C\C/C=C\C/C=C\CCCCCCCC(=O)OC(COC(=O)CCCCCCCCCC/C=C\C/C=C\C/C=C\C/C=C\C/C=C\C/C=C\C/C=C\C/C=C\CC)COP(=O)(O)OCC[N+](C)(C)C. The number of nitrogens with zero attached hydrogens (tertiary/aromatic N) is 1. The molecule has 0 saturated heterocycles. The number of carbonyl (C=O) groups excluding carboxylic acids is 2. The molecule has 0 spiro atoms. The molecule has 10 heteroatoms. The zero-order valence-electron chi connectivity index (χ0n) is 57.3. The van der Waals surface area contributed by atoms with Crippen LogP contribution in [0.4, 0.5) is 0 Å². The quantitative estimate of drug-likeness (QED) is 0.0211. The standard InChI is InChI=1S/C80H126NO8P/c1-6-8-10-12-14-16-18-20-22-24-26-28-30-32-34-36-38-40-42-44-46-48-50-52-54-56-58-60-62-64-66-68-70-72-79(82)86-76-78(77-88-90(84,85)87-75-74-81(3,4)5)89-80(83)73-71-69-67-65-63-61-59-57-55-53-51-49-47-45-43-41-39-37-35-33-31-29-27-25-23-21-19-17-15-13-11-9-7-2/h8-11,14-17,20-23,26-29,32-35,38-41,44-47,50-53,57,59,78H,6-7,12-13,18-19,24-25,30-31,36-37,42-43,48-49,54-56,58,60-77H2,1-5H3/p+1/b10-8-,11-9-,16-14-,17-15-,22-20-,23-21-,28-26-,29-27-,34-32-,35-33-,40-38-,41-39-,46-44-,47-45-,52-50-,53-51-,59-57-. The Morgan fingerprint density at radius 3 is 0.889 bits per heavy atom. The summed E-state index contributed by atoms with van der Waals surface area (Å²) in [6, 6.07) is 0. The summed E-state index contributed by atoms with van der Waals surface area (Å²) in [6.07, 6.45) is 108. The molecule has 0 bridgehead atoms. The molecule has 504 valence electrons. The van der Waals surface area contributed by atoms with Crippen LogP contribution in [0.3, 0.4) is 0 Å². The van der Waals surface area contributed by atoms with Crippen LogP contribution in [0.15, 0.2) is 207 Å². The molecule has 0 radical (unpaired) electrons. The third-order valence-corrected chi connectivity index (χ3v) is 14.8. The Balaban J connectivity index is 4.22. The maximum atomic E-state index is 12.9. The fraction of sp³-hybridized carbons (Fsp3) is 0.550. The highest BCUT2D eigenvalue weighted by atomic mass is 31.2. The Morgan fingerprint density at radius 2 is 0.600 bits per heavy atom. The lowest BCUT2D eigenvalue weighted by Crippen LogP contribution is -2.37. The number of esters is 2. The van der Waals surface area contributed by atoms with Gasteiger partial charge in [0.1, 0.15) is 19.8 Å². The number of carbonyl (C=O) groups is 2. The van der Waals surface area contributed by atoms with Gasteiger partial charge in [0.05, 0.1) is 27.7 Å². The number of phosphoric acid groups is 1. The van der Waals surface area contributed by atoms with Gasteiger partial charge in [0.25, 0.3) is 0 Å². The topological polar surface area (TPSA) is 108 Å². The van der Waals surface area contributed by atoms with Crippen molar-refractivity contribution in [3.8, 4) is 0 Å². The number of ether oxygens (including phenoxy) is 2. The van der Waals surface area contributed by atoms with E-state index in [1.807, 2.05) is 21.1 Å². The monoisotopic (exact) mass is 1260 g/mol. The highest BCUT2D eigenvalue weighted by Crippen LogP contribution is 2.43. The van der Waals surface area contributed by atoms with Crippen LogP contribution in [0.1, 0.15) is 232 Å². The molecule has 0 aromatic heterocycles. The number of quaternary nitrogens is 1. The van der Waals surface area contributed by atoms with E-state index in [9.17, 15) is 19.0 Å². The molecule has 0 saturated carbocycles. The molecule has 2 atom stereocenters. The van der Waals surface area contributed by atoms with Gasteiger partial charge in [-0.1, -0.05) is 278 Å². The van der Waals surface area contributed by atoms with E-state index in [-0.39, 0.29) is 26.1 Å². The van der Waals surface area contributed by atoms with E-state index in [2.05, 4.69) is 220 Å². The molecule has 0 rings (SSSR count). The molecule has 0 aliphatic rings. The van der Waals surface area contributed by atoms with Gasteiger partial charge in [-0.3, -0.25) is 18.6 Å². The minimum absolute atomic E-state index is 0.0139. The summed E-state index contributed by atoms with van der Waals surface area (Å²) in [5.74, 6) is -0.846. The molecule has 0 aliphatic heterocycles. The number of unbranched alkanes of at least 4 members (excludes halogenated alkanes) is 13. The molecule has 0 amide bonds. The van der Waals surface area contributed by atoms with Gasteiger partial charge in [-0.15, -0.1) is 0 Å². The van der Waals surface area contributed by atoms with Crippen LogP contribution in [0.2, 0.25) is 0 Å². The molecule has 1 N–H and O–H groups in total. The predicted molar refractivity (Wildman–Crippen MR) is 389 cm³/mol. The second kappa shape index (κ2) is 68.0. The van der Waals surface area contributed by atoms with E-state index in [4.69, 9.17) is 18.5 Å². The zero-order chi connectivity index (χ0) is 65.5. The molecule has 0 heterocycles. The summed E-state index contributed by atoms with van der Waals surface area (Å²) in [7, 11) is 1.43. The molecule has 0 aromatic carbocycles. The maximum Gasteiger partial charge on any atom is 0.472 e. The lowest BCUT2D eigenvalue weighted by Gasteiger charge is -2.24. The maximum absolute atomic E-state index is 12.9. The number of rotatable bonds is 61. The van der Waals surface area contributed by atoms with Gasteiger partial charge in [0, 0.05) is 12.8 Å². The molecular formula is C80H127NO8P+. The molecular weight excluding hydrogens is 1130 g/mol. The molecule has 0 aliphatic carbocycles. The fourth-order valence-corrected chi connectivity index (χ4v) is 9.29. The number of hydrogen-bond acceptors (Lipinski definition) is 7. The van der Waals surface area contributed by atoms with E-state index in [1.54, 1.807) is 0 Å². The number of likely N-dealkylation sites (N-methyl/N-ethyl adjacent to an activating group) is 1. The van der Waals surface area contributed by atoms with Crippen molar-refractivity contribution in [3.63, 3.8) is 0 Å². The highest BCUT2D eigenvalue weighted by molar-refractivity contribution is 7.47. The molecule has 90 heavy (non-hydrogen) atoms. The van der Waals surface area contributed by atoms with Crippen LogP contribution in [0.25, 0.3) is 0 Å². The summed E-state index contributed by atoms with van der Waals surface area (Å²) >= 11 is 0. The van der Waals surface area contributed by atoms with Crippen molar-refractivity contribution >= 4 is 19.8 Å². The second-order valence-electron chi connectivity index (χ2n) is 23.4. The third kappa shape index (κ3) is 71.7. The largest absolute Gasteiger partial charge is 0.472 e. The summed E-state index contributed by atoms with van der Waals surface area (Å²) < 4.78 is 34.7. The molecule has 2 unspecified atom stereocenters. The minimum atomic E-state index is -4.42. The van der Waals surface area contributed by atoms with E-state index in [1.165, 1.54) is 25.7 Å². The molecule has 9 nitrogen and oxygen atoms in total. The van der Waals surface area contributed by atoms with Crippen LogP contribution in [-0.2, 0) is 32.7 Å². The first kappa shape index (κ1) is 84.6. The van der Waals surface area contributed by atoms with Gasteiger partial charge < -0.3 is 18.9 Å². The van der Waals surface area contributed by atoms with Crippen molar-refractivity contribution in [2.75, 3.05) is 47.5 Å². The van der Waals surface area contributed by atoms with Crippen molar-refractivity contribution in [2.24, 2.45) is 0 Å². The second-order valence-corrected chi connectivity index (χ2v) is 24.9. The van der Waals surface area contributed by atoms with E-state index < -0.39 is 32.5 Å². The Morgan fingerprint density at radius 1 is 0.344 bits per heavy atom. The van der Waals surface area contributed by atoms with Gasteiger partial charge in [0.2, 0.25) is 0 Å². The predicted octanol–water partition coefficient (Wildman–Crippen LogP) is 23.0. The van der Waals surface area contributed by atoms with Gasteiger partial charge in [-0.05, 0) is 148 Å². The number of phosphoric ester groups is 1. The van der Waals surface area contributed by atoms with Crippen molar-refractivity contribution in [1.29, 1.82) is 0 Å². The van der Waals surface area contributed by atoms with E-state index in [0.717, 1.165) is 167 Å². The smallest absolute Gasteiger partial charge is 0.462 e. The number of hydrogen-bond donors (Lipinski definition) is 1. The van der Waals surface area contributed by atoms with Crippen molar-refractivity contribution in [2.45, 2.75) is 238 Å². The average molecular weight is 1260 g/mol. The summed E-state index contributed by atoms with van der Waals surface area (Å²) in [4.78, 5) is 35.9. The Bertz CT molecular complexity index is 2270. The first-order valence-corrected chi connectivity index (χ1v) is 36.3. The van der Waals surface area contributed by atoms with Crippen LogP contribution in [0, 0.1) is 0 Å². The average Bonchev–Trinajstić information content (AvgIpc) is 3.58. The zero-order valence-corrected chi connectivity index (χ0v) is 58.2. The van der Waals surface area contributed by atoms with Crippen molar-refractivity contribution in [1.82, 2.24) is 0 Å². The van der Waals surface area contributed by atoms with Crippen molar-refractivity contribution < 1.29 is 42.1 Å². The van der Waals surface area contributed by atoms with Gasteiger partial charge in [0.15, 0.2) is 6.10 Å². The third-order valence-electron chi connectivity index (χ3n) is 13.8. The van der Waals surface area contributed by atoms with Crippen molar-refractivity contribution in [3.05, 3.63) is 207 Å². The van der Waals surface area contributed by atoms with E-state index >= 15 is 0 Å². The number of allylic oxidation sites excluding steroid dienone is 34. The molecule has 0 fully saturated rings. The van der Waals surface area contributed by atoms with Gasteiger partial charge >= 0.3 is 19.8 Å². The summed E-state index contributed by atoms with van der Waals surface area (Å²) in [5, 5.41) is 0. The highest BCUT2D eigenvalue weighted by Gasteiger charge is 2.27. The summed E-state index contributed by atoms with van der Waals surface area (Å²) in [6.45, 7) is 4.14. The fourth-order valence-electron chi connectivity index (χ4n) is 8.55. The molecule has 0 aromatic rings. The minimum Gasteiger partial charge on any atom is -0.462 e. The van der Waals surface area contributed by atoms with Gasteiger partial charge in [-0.25, -0.2) is 4.57 Å².